The van der Waals surface area contributed by atoms with Gasteiger partial charge in [0.05, 0.1) is 17.4 Å². The third-order valence-electron chi connectivity index (χ3n) is 3.91. The van der Waals surface area contributed by atoms with Gasteiger partial charge in [0.1, 0.15) is 13.2 Å². The molecule has 2 aliphatic heterocycles. The van der Waals surface area contributed by atoms with Gasteiger partial charge in [0.2, 0.25) is 5.91 Å². The SMILES string of the molecule is O=C(/C=C/c1ccc2c(c1)OCCO2)NNC(=O)[C@@H]1CCS(=O)(=O)C1. The fourth-order valence-electron chi connectivity index (χ4n) is 2.60. The summed E-state index contributed by atoms with van der Waals surface area (Å²) in [6.07, 6.45) is 3.11. The summed E-state index contributed by atoms with van der Waals surface area (Å²) in [6, 6.07) is 5.29. The molecule has 3 rings (SSSR count). The van der Waals surface area contributed by atoms with Crippen molar-refractivity contribution in [3.63, 3.8) is 0 Å². The molecule has 0 aromatic heterocycles. The molecule has 25 heavy (non-hydrogen) atoms. The van der Waals surface area contributed by atoms with Crippen LogP contribution in [-0.2, 0) is 19.4 Å². The molecule has 8 nitrogen and oxygen atoms in total. The third-order valence-corrected chi connectivity index (χ3v) is 5.67. The number of nitrogens with one attached hydrogen (secondary N) is 2. The summed E-state index contributed by atoms with van der Waals surface area (Å²) in [6.45, 7) is 0.982. The highest BCUT2D eigenvalue weighted by atomic mass is 32.2. The molecule has 1 aromatic rings. The van der Waals surface area contributed by atoms with Gasteiger partial charge in [-0.2, -0.15) is 0 Å². The number of hydrazine groups is 1. The summed E-state index contributed by atoms with van der Waals surface area (Å²) in [7, 11) is -3.14. The molecule has 1 fully saturated rings. The van der Waals surface area contributed by atoms with E-state index in [1.54, 1.807) is 24.3 Å². The van der Waals surface area contributed by atoms with Crippen molar-refractivity contribution in [2.45, 2.75) is 6.42 Å². The number of carbonyl (C=O) groups is 2. The molecule has 1 saturated heterocycles. The van der Waals surface area contributed by atoms with Crippen LogP contribution < -0.4 is 20.3 Å². The first-order valence-corrected chi connectivity index (χ1v) is 9.63. The summed E-state index contributed by atoms with van der Waals surface area (Å²) < 4.78 is 33.6. The Morgan fingerprint density at radius 2 is 1.88 bits per heavy atom. The molecule has 2 aliphatic rings. The van der Waals surface area contributed by atoms with Crippen molar-refractivity contribution in [1.82, 2.24) is 10.9 Å². The Hall–Kier alpha value is -2.55. The minimum atomic E-state index is -3.14. The number of hydrogen-bond donors (Lipinski definition) is 2. The van der Waals surface area contributed by atoms with Crippen molar-refractivity contribution in [3.8, 4) is 11.5 Å². The van der Waals surface area contributed by atoms with Crippen molar-refractivity contribution in [2.24, 2.45) is 5.92 Å². The highest BCUT2D eigenvalue weighted by Crippen LogP contribution is 2.31. The number of sulfone groups is 1. The van der Waals surface area contributed by atoms with Gasteiger partial charge in [-0.3, -0.25) is 20.4 Å². The predicted molar refractivity (Wildman–Crippen MR) is 89.5 cm³/mol. The Morgan fingerprint density at radius 3 is 2.60 bits per heavy atom. The van der Waals surface area contributed by atoms with Crippen LogP contribution in [0.3, 0.4) is 0 Å². The van der Waals surface area contributed by atoms with E-state index in [0.717, 1.165) is 5.56 Å². The first kappa shape index (κ1) is 17.3. The molecule has 134 valence electrons. The van der Waals surface area contributed by atoms with Crippen LogP contribution in [0.1, 0.15) is 12.0 Å². The number of amides is 2. The van der Waals surface area contributed by atoms with Gasteiger partial charge >= 0.3 is 0 Å². The number of rotatable bonds is 3. The molecule has 0 spiro atoms. The molecule has 2 N–H and O–H groups in total. The maximum Gasteiger partial charge on any atom is 0.262 e. The number of benzene rings is 1. The molecule has 2 heterocycles. The van der Waals surface area contributed by atoms with Crippen molar-refractivity contribution < 1.29 is 27.5 Å². The largest absolute Gasteiger partial charge is 0.486 e. The second-order valence-electron chi connectivity index (χ2n) is 5.81. The zero-order valence-electron chi connectivity index (χ0n) is 13.4. The normalized spacial score (nSPS) is 21.0. The molecule has 9 heteroatoms. The Labute approximate surface area is 145 Å². The Kier molecular flexibility index (Phi) is 4.93. The van der Waals surface area contributed by atoms with Gasteiger partial charge < -0.3 is 9.47 Å². The monoisotopic (exact) mass is 366 g/mol. The van der Waals surface area contributed by atoms with E-state index in [4.69, 9.17) is 9.47 Å². The van der Waals surface area contributed by atoms with Gasteiger partial charge in [-0.15, -0.1) is 0 Å². The van der Waals surface area contributed by atoms with Crippen LogP contribution in [0, 0.1) is 5.92 Å². The smallest absolute Gasteiger partial charge is 0.262 e. The average molecular weight is 366 g/mol. The van der Waals surface area contributed by atoms with E-state index in [9.17, 15) is 18.0 Å². The highest BCUT2D eigenvalue weighted by Gasteiger charge is 2.32. The zero-order chi connectivity index (χ0) is 17.9. The molecular formula is C16H18N2O6S. The van der Waals surface area contributed by atoms with Gasteiger partial charge in [0.25, 0.3) is 5.91 Å². The number of ether oxygens (including phenoxy) is 2. The first-order chi connectivity index (χ1) is 11.9. The van der Waals surface area contributed by atoms with Gasteiger partial charge in [0.15, 0.2) is 21.3 Å². The van der Waals surface area contributed by atoms with E-state index in [2.05, 4.69) is 10.9 Å². The van der Waals surface area contributed by atoms with Gasteiger partial charge in [-0.1, -0.05) is 6.07 Å². The van der Waals surface area contributed by atoms with Crippen LogP contribution in [0.2, 0.25) is 0 Å². The number of hydrogen-bond acceptors (Lipinski definition) is 6. The minimum absolute atomic E-state index is 0.00303. The molecule has 0 aliphatic carbocycles. The van der Waals surface area contributed by atoms with E-state index in [1.807, 2.05) is 0 Å². The second-order valence-corrected chi connectivity index (χ2v) is 8.04. The molecular weight excluding hydrogens is 348 g/mol. The fraction of sp³-hybridized carbons (Fsp3) is 0.375. The predicted octanol–water partition coefficient (Wildman–Crippen LogP) is 0.0531. The molecule has 1 aromatic carbocycles. The van der Waals surface area contributed by atoms with E-state index >= 15 is 0 Å². The van der Waals surface area contributed by atoms with E-state index in [1.165, 1.54) is 6.08 Å². The van der Waals surface area contributed by atoms with Gasteiger partial charge in [-0.05, 0) is 30.2 Å². The lowest BCUT2D eigenvalue weighted by molar-refractivity contribution is -0.129. The third kappa shape index (κ3) is 4.50. The summed E-state index contributed by atoms with van der Waals surface area (Å²) >= 11 is 0. The van der Waals surface area contributed by atoms with Crippen molar-refractivity contribution in [1.29, 1.82) is 0 Å². The first-order valence-electron chi connectivity index (χ1n) is 7.81. The van der Waals surface area contributed by atoms with Gasteiger partial charge in [0, 0.05) is 6.08 Å². The van der Waals surface area contributed by atoms with E-state index in [-0.39, 0.29) is 17.9 Å². The summed E-state index contributed by atoms with van der Waals surface area (Å²) in [5.74, 6) is -0.542. The summed E-state index contributed by atoms with van der Waals surface area (Å²) in [5.41, 5.74) is 5.24. The van der Waals surface area contributed by atoms with Crippen LogP contribution in [0.15, 0.2) is 24.3 Å². The van der Waals surface area contributed by atoms with Crippen LogP contribution in [0.4, 0.5) is 0 Å². The molecule has 1 atom stereocenters. The Bertz CT molecular complexity index is 818. The van der Waals surface area contributed by atoms with Gasteiger partial charge in [-0.25, -0.2) is 8.42 Å². The topological polar surface area (TPSA) is 111 Å². The van der Waals surface area contributed by atoms with Crippen molar-refractivity contribution >= 4 is 27.7 Å². The number of fused-ring (bicyclic) bond motifs is 1. The number of carbonyl (C=O) groups excluding carboxylic acids is 2. The molecule has 0 bridgehead atoms. The van der Waals surface area contributed by atoms with Crippen LogP contribution in [-0.4, -0.2) is 45.0 Å². The Morgan fingerprint density at radius 1 is 1.12 bits per heavy atom. The average Bonchev–Trinajstić information content (AvgIpc) is 2.97. The van der Waals surface area contributed by atoms with Crippen molar-refractivity contribution in [3.05, 3.63) is 29.8 Å². The maximum atomic E-state index is 11.8. The minimum Gasteiger partial charge on any atom is -0.486 e. The van der Waals surface area contributed by atoms with E-state index in [0.29, 0.717) is 24.7 Å². The molecule has 2 amide bonds. The molecule has 0 radical (unpaired) electrons. The lowest BCUT2D eigenvalue weighted by atomic mass is 10.1. The van der Waals surface area contributed by atoms with Crippen LogP contribution in [0.25, 0.3) is 6.08 Å². The lowest BCUT2D eigenvalue weighted by Crippen LogP contribution is -2.44. The zero-order valence-corrected chi connectivity index (χ0v) is 14.2. The van der Waals surface area contributed by atoms with E-state index < -0.39 is 27.6 Å². The van der Waals surface area contributed by atoms with Crippen LogP contribution in [0.5, 0.6) is 11.5 Å². The molecule has 0 unspecified atom stereocenters. The van der Waals surface area contributed by atoms with Crippen LogP contribution >= 0.6 is 0 Å². The quantitative estimate of drug-likeness (QED) is 0.578. The maximum absolute atomic E-state index is 11.8. The fourth-order valence-corrected chi connectivity index (χ4v) is 4.35. The van der Waals surface area contributed by atoms with Crippen molar-refractivity contribution in [2.75, 3.05) is 24.7 Å². The lowest BCUT2D eigenvalue weighted by Gasteiger charge is -2.18. The summed E-state index contributed by atoms with van der Waals surface area (Å²) in [5, 5.41) is 0. The standard InChI is InChI=1S/C16H18N2O6S/c19-15(17-18-16(20)12-5-8-25(21,22)10-12)4-2-11-1-3-13-14(9-11)24-7-6-23-13/h1-4,9,12H,5-8,10H2,(H,17,19)(H,18,20)/b4-2+/t12-/m1/s1. The Balaban J connectivity index is 1.50. The summed E-state index contributed by atoms with van der Waals surface area (Å²) in [4.78, 5) is 23.6. The highest BCUT2D eigenvalue weighted by molar-refractivity contribution is 7.91. The second kappa shape index (κ2) is 7.14. The molecule has 0 saturated carbocycles.